The minimum absolute atomic E-state index is 0.194. The van der Waals surface area contributed by atoms with Crippen LogP contribution in [0.4, 0.5) is 17.1 Å². The maximum atomic E-state index is 13.2. The van der Waals surface area contributed by atoms with E-state index in [4.69, 9.17) is 0 Å². The first-order valence-corrected chi connectivity index (χ1v) is 10.9. The van der Waals surface area contributed by atoms with Crippen LogP contribution in [0.5, 0.6) is 0 Å². The van der Waals surface area contributed by atoms with E-state index in [0.29, 0.717) is 28.2 Å². The van der Waals surface area contributed by atoms with Gasteiger partial charge in [0.25, 0.3) is 23.6 Å². The van der Waals surface area contributed by atoms with Gasteiger partial charge >= 0.3 is 0 Å². The fraction of sp³-hybridized carbons (Fsp3) is 0. The van der Waals surface area contributed by atoms with Gasteiger partial charge in [-0.3, -0.25) is 19.2 Å². The molecule has 0 atom stereocenters. The topological polar surface area (TPSA) is 95.6 Å². The Hall–Kier alpha value is -5.04. The number of imide groups is 1. The van der Waals surface area contributed by atoms with Gasteiger partial charge in [-0.25, -0.2) is 4.90 Å². The van der Waals surface area contributed by atoms with Gasteiger partial charge in [0.1, 0.15) is 0 Å². The monoisotopic (exact) mass is 461 g/mol. The van der Waals surface area contributed by atoms with Crippen molar-refractivity contribution in [3.05, 3.63) is 125 Å². The Morgan fingerprint density at radius 1 is 0.543 bits per heavy atom. The molecule has 0 spiro atoms. The molecule has 0 radical (unpaired) electrons. The molecule has 1 aliphatic rings. The number of fused-ring (bicyclic) bond motifs is 1. The fourth-order valence-electron chi connectivity index (χ4n) is 3.86. The zero-order chi connectivity index (χ0) is 24.4. The summed E-state index contributed by atoms with van der Waals surface area (Å²) in [6.07, 6.45) is 0. The molecule has 0 fully saturated rings. The molecule has 170 valence electrons. The van der Waals surface area contributed by atoms with Crippen molar-refractivity contribution in [1.29, 1.82) is 0 Å². The molecule has 4 amide bonds. The summed E-state index contributed by atoms with van der Waals surface area (Å²) < 4.78 is 0. The number of rotatable bonds is 5. The number of anilines is 3. The number of carbonyl (C=O) groups is 4. The summed E-state index contributed by atoms with van der Waals surface area (Å²) in [4.78, 5) is 52.2. The van der Waals surface area contributed by atoms with Crippen molar-refractivity contribution in [3.8, 4) is 0 Å². The van der Waals surface area contributed by atoms with Gasteiger partial charge < -0.3 is 10.6 Å². The molecule has 0 aliphatic carbocycles. The second-order valence-electron chi connectivity index (χ2n) is 7.90. The molecule has 0 unspecified atom stereocenters. The molecule has 0 saturated heterocycles. The fourth-order valence-corrected chi connectivity index (χ4v) is 3.86. The van der Waals surface area contributed by atoms with E-state index in [1.54, 1.807) is 78.9 Å². The maximum absolute atomic E-state index is 13.2. The third kappa shape index (κ3) is 4.30. The van der Waals surface area contributed by atoms with Crippen LogP contribution in [-0.4, -0.2) is 23.6 Å². The van der Waals surface area contributed by atoms with Gasteiger partial charge in [0.2, 0.25) is 0 Å². The SMILES string of the molecule is O=C(Nc1cccc(N2C(=O)c3ccc(NC(=O)c4ccccc4)cc3C2=O)c1)c1ccccc1. The lowest BCUT2D eigenvalue weighted by molar-refractivity contribution is 0.0924. The molecule has 4 aromatic carbocycles. The second kappa shape index (κ2) is 9.07. The van der Waals surface area contributed by atoms with Crippen molar-refractivity contribution >= 4 is 40.7 Å². The van der Waals surface area contributed by atoms with Crippen LogP contribution in [0, 0.1) is 0 Å². The smallest absolute Gasteiger partial charge is 0.266 e. The third-order valence-corrected chi connectivity index (χ3v) is 5.58. The molecule has 35 heavy (non-hydrogen) atoms. The number of benzene rings is 4. The molecule has 7 heteroatoms. The molecule has 4 aromatic rings. The summed E-state index contributed by atoms with van der Waals surface area (Å²) in [5.74, 6) is -1.60. The minimum atomic E-state index is -0.507. The number of hydrogen-bond donors (Lipinski definition) is 2. The van der Waals surface area contributed by atoms with E-state index in [-0.39, 0.29) is 22.9 Å². The van der Waals surface area contributed by atoms with Gasteiger partial charge in [-0.2, -0.15) is 0 Å². The lowest BCUT2D eigenvalue weighted by Crippen LogP contribution is -2.29. The molecule has 1 aliphatic heterocycles. The Balaban J connectivity index is 1.37. The Labute approximate surface area is 201 Å². The van der Waals surface area contributed by atoms with Gasteiger partial charge in [0.05, 0.1) is 16.8 Å². The summed E-state index contributed by atoms with van der Waals surface area (Å²) >= 11 is 0. The van der Waals surface area contributed by atoms with Crippen LogP contribution in [0.1, 0.15) is 41.4 Å². The average Bonchev–Trinajstić information content (AvgIpc) is 3.14. The van der Waals surface area contributed by atoms with E-state index in [9.17, 15) is 19.2 Å². The summed E-state index contributed by atoms with van der Waals surface area (Å²) in [5, 5.41) is 5.54. The molecule has 2 N–H and O–H groups in total. The normalized spacial score (nSPS) is 12.3. The minimum Gasteiger partial charge on any atom is -0.322 e. The number of nitrogens with zero attached hydrogens (tertiary/aromatic N) is 1. The predicted octanol–water partition coefficient (Wildman–Crippen LogP) is 4.99. The number of hydrogen-bond acceptors (Lipinski definition) is 4. The third-order valence-electron chi connectivity index (χ3n) is 5.58. The van der Waals surface area contributed by atoms with Gasteiger partial charge in [0.15, 0.2) is 0 Å². The molecule has 0 aromatic heterocycles. The van der Waals surface area contributed by atoms with E-state index < -0.39 is 11.8 Å². The first-order chi connectivity index (χ1) is 17.0. The van der Waals surface area contributed by atoms with Crippen molar-refractivity contribution in [2.75, 3.05) is 15.5 Å². The molecule has 5 rings (SSSR count). The Kier molecular flexibility index (Phi) is 5.65. The lowest BCUT2D eigenvalue weighted by Gasteiger charge is -2.15. The molecule has 7 nitrogen and oxygen atoms in total. The number of nitrogens with one attached hydrogen (secondary N) is 2. The first-order valence-electron chi connectivity index (χ1n) is 10.9. The molecule has 1 heterocycles. The maximum Gasteiger partial charge on any atom is 0.266 e. The number of carbonyl (C=O) groups excluding carboxylic acids is 4. The average molecular weight is 461 g/mol. The van der Waals surface area contributed by atoms with Crippen LogP contribution in [0.25, 0.3) is 0 Å². The van der Waals surface area contributed by atoms with Crippen molar-refractivity contribution < 1.29 is 19.2 Å². The zero-order valence-corrected chi connectivity index (χ0v) is 18.4. The highest BCUT2D eigenvalue weighted by Crippen LogP contribution is 2.31. The summed E-state index contributed by atoms with van der Waals surface area (Å²) in [6, 6.07) is 28.6. The second-order valence-corrected chi connectivity index (χ2v) is 7.90. The van der Waals surface area contributed by atoms with Gasteiger partial charge in [0, 0.05) is 22.5 Å². The van der Waals surface area contributed by atoms with Gasteiger partial charge in [-0.1, -0.05) is 42.5 Å². The van der Waals surface area contributed by atoms with Crippen LogP contribution in [0.2, 0.25) is 0 Å². The summed E-state index contributed by atoms with van der Waals surface area (Å²) in [6.45, 7) is 0. The quantitative estimate of drug-likeness (QED) is 0.409. The van der Waals surface area contributed by atoms with Crippen LogP contribution in [-0.2, 0) is 0 Å². The van der Waals surface area contributed by atoms with E-state index in [1.807, 2.05) is 12.1 Å². The predicted molar refractivity (Wildman–Crippen MR) is 133 cm³/mol. The Morgan fingerprint density at radius 3 is 1.69 bits per heavy atom. The summed E-state index contributed by atoms with van der Waals surface area (Å²) in [5.41, 5.74) is 2.59. The van der Waals surface area contributed by atoms with Gasteiger partial charge in [-0.05, 0) is 60.7 Å². The van der Waals surface area contributed by atoms with Crippen molar-refractivity contribution in [3.63, 3.8) is 0 Å². The van der Waals surface area contributed by atoms with E-state index in [2.05, 4.69) is 10.6 Å². The first kappa shape index (κ1) is 21.8. The summed E-state index contributed by atoms with van der Waals surface area (Å²) in [7, 11) is 0. The van der Waals surface area contributed by atoms with E-state index in [1.165, 1.54) is 12.1 Å². The highest BCUT2D eigenvalue weighted by atomic mass is 16.2. The Bertz CT molecular complexity index is 1470. The van der Waals surface area contributed by atoms with Crippen molar-refractivity contribution in [2.24, 2.45) is 0 Å². The van der Waals surface area contributed by atoms with E-state index in [0.717, 1.165) is 4.90 Å². The lowest BCUT2D eigenvalue weighted by atomic mass is 10.1. The van der Waals surface area contributed by atoms with Gasteiger partial charge in [-0.15, -0.1) is 0 Å². The molecular formula is C28H19N3O4. The van der Waals surface area contributed by atoms with Crippen LogP contribution in [0.3, 0.4) is 0 Å². The van der Waals surface area contributed by atoms with Crippen LogP contribution in [0.15, 0.2) is 103 Å². The molecular weight excluding hydrogens is 442 g/mol. The largest absolute Gasteiger partial charge is 0.322 e. The van der Waals surface area contributed by atoms with E-state index >= 15 is 0 Å². The van der Waals surface area contributed by atoms with Crippen LogP contribution >= 0.6 is 0 Å². The highest BCUT2D eigenvalue weighted by Gasteiger charge is 2.37. The van der Waals surface area contributed by atoms with Crippen molar-refractivity contribution in [2.45, 2.75) is 0 Å². The highest BCUT2D eigenvalue weighted by molar-refractivity contribution is 6.34. The zero-order valence-electron chi connectivity index (χ0n) is 18.4. The van der Waals surface area contributed by atoms with Crippen molar-refractivity contribution in [1.82, 2.24) is 0 Å². The molecule has 0 bridgehead atoms. The Morgan fingerprint density at radius 2 is 1.09 bits per heavy atom. The number of amides is 4. The standard InChI is InChI=1S/C28H19N3O4/c32-25(18-8-3-1-4-9-18)29-20-12-7-13-22(16-20)31-27(34)23-15-14-21(17-24(23)28(31)35)30-26(33)19-10-5-2-6-11-19/h1-17H,(H,29,32)(H,30,33). The van der Waals surface area contributed by atoms with Crippen LogP contribution < -0.4 is 15.5 Å². The molecule has 0 saturated carbocycles.